The number of nitrogens with zero attached hydrogens (tertiary/aromatic N) is 1. The number of amides is 1. The van der Waals surface area contributed by atoms with Gasteiger partial charge in [-0.1, -0.05) is 23.7 Å². The zero-order valence-corrected chi connectivity index (χ0v) is 8.29. The summed E-state index contributed by atoms with van der Waals surface area (Å²) in [5.74, 6) is 0. The average Bonchev–Trinajstić information content (AvgIpc) is 2.17. The van der Waals surface area contributed by atoms with E-state index in [0.717, 1.165) is 23.5 Å². The van der Waals surface area contributed by atoms with E-state index in [9.17, 15) is 4.79 Å². The Morgan fingerprint density at radius 2 is 2.00 bits per heavy atom. The van der Waals surface area contributed by atoms with Gasteiger partial charge in [-0.2, -0.15) is 0 Å². The van der Waals surface area contributed by atoms with Gasteiger partial charge >= 0.3 is 0 Å². The number of halogens is 1. The van der Waals surface area contributed by atoms with Crippen molar-refractivity contribution in [3.05, 3.63) is 34.9 Å². The van der Waals surface area contributed by atoms with Crippen LogP contribution in [0.2, 0.25) is 5.02 Å². The molecule has 0 unspecified atom stereocenters. The fraction of sp³-hybridized carbons (Fsp3) is 0.300. The number of carbonyl (C=O) groups is 1. The minimum absolute atomic E-state index is 0.650. The molecule has 0 saturated heterocycles. The first-order valence-electron chi connectivity index (χ1n) is 4.20. The maximum Gasteiger partial charge on any atom is 0.209 e. The van der Waals surface area contributed by atoms with E-state index in [0.29, 0.717) is 6.54 Å². The lowest BCUT2D eigenvalue weighted by Crippen LogP contribution is -2.20. The number of carbonyl (C=O) groups excluding carboxylic acids is 1. The third-order valence-corrected chi connectivity index (χ3v) is 2.11. The van der Waals surface area contributed by atoms with Gasteiger partial charge in [0, 0.05) is 18.1 Å². The number of benzene rings is 1. The molecule has 3 heteroatoms. The summed E-state index contributed by atoms with van der Waals surface area (Å²) in [4.78, 5) is 12.2. The molecule has 0 spiro atoms. The van der Waals surface area contributed by atoms with Gasteiger partial charge in [0.25, 0.3) is 0 Å². The van der Waals surface area contributed by atoms with Gasteiger partial charge in [0.2, 0.25) is 6.41 Å². The lowest BCUT2D eigenvalue weighted by molar-refractivity contribution is -0.118. The van der Waals surface area contributed by atoms with Crippen LogP contribution >= 0.6 is 11.6 Å². The number of hydrogen-bond acceptors (Lipinski definition) is 1. The van der Waals surface area contributed by atoms with Gasteiger partial charge in [0.15, 0.2) is 0 Å². The standard InChI is InChI=1S/C10H12ClNO/c1-2-12(8-13)7-9-3-5-10(11)6-4-9/h3-6,8H,2,7H2,1H3. The van der Waals surface area contributed by atoms with Crippen molar-refractivity contribution in [1.29, 1.82) is 0 Å². The molecule has 13 heavy (non-hydrogen) atoms. The van der Waals surface area contributed by atoms with Crippen LogP contribution in [0.25, 0.3) is 0 Å². The molecule has 0 aliphatic rings. The summed E-state index contributed by atoms with van der Waals surface area (Å²) in [5.41, 5.74) is 1.10. The molecule has 0 atom stereocenters. The summed E-state index contributed by atoms with van der Waals surface area (Å²) in [5, 5.41) is 0.720. The third-order valence-electron chi connectivity index (χ3n) is 1.85. The first-order chi connectivity index (χ1) is 6.26. The Bertz CT molecular complexity index is 271. The van der Waals surface area contributed by atoms with Crippen LogP contribution < -0.4 is 0 Å². The van der Waals surface area contributed by atoms with Crippen LogP contribution in [0, 0.1) is 0 Å². The molecular weight excluding hydrogens is 186 g/mol. The summed E-state index contributed by atoms with van der Waals surface area (Å²) in [7, 11) is 0. The molecule has 1 aromatic rings. The van der Waals surface area contributed by atoms with Crippen LogP contribution in [0.3, 0.4) is 0 Å². The van der Waals surface area contributed by atoms with Crippen LogP contribution in [0.1, 0.15) is 12.5 Å². The van der Waals surface area contributed by atoms with Gasteiger partial charge in [-0.25, -0.2) is 0 Å². The summed E-state index contributed by atoms with van der Waals surface area (Å²) in [6, 6.07) is 7.51. The Morgan fingerprint density at radius 3 is 2.46 bits per heavy atom. The van der Waals surface area contributed by atoms with Crippen LogP contribution in [-0.2, 0) is 11.3 Å². The second-order valence-corrected chi connectivity index (χ2v) is 3.23. The van der Waals surface area contributed by atoms with Gasteiger partial charge in [0.05, 0.1) is 0 Å². The topological polar surface area (TPSA) is 20.3 Å². The van der Waals surface area contributed by atoms with E-state index in [2.05, 4.69) is 0 Å². The van der Waals surface area contributed by atoms with Crippen molar-refractivity contribution >= 4 is 18.0 Å². The Labute approximate surface area is 83.1 Å². The lowest BCUT2D eigenvalue weighted by Gasteiger charge is -2.14. The highest BCUT2D eigenvalue weighted by atomic mass is 35.5. The SMILES string of the molecule is CCN(C=O)Cc1ccc(Cl)cc1. The summed E-state index contributed by atoms with van der Waals surface area (Å²) in [6.45, 7) is 3.33. The van der Waals surface area contributed by atoms with Crippen LogP contribution in [-0.4, -0.2) is 17.9 Å². The predicted octanol–water partition coefficient (Wildman–Crippen LogP) is 2.32. The Hall–Kier alpha value is -1.02. The first kappa shape index (κ1) is 10.1. The Balaban J connectivity index is 2.63. The molecule has 0 aliphatic heterocycles. The van der Waals surface area contributed by atoms with Crippen molar-refractivity contribution in [3.63, 3.8) is 0 Å². The first-order valence-corrected chi connectivity index (χ1v) is 4.58. The molecule has 0 aromatic heterocycles. The van der Waals surface area contributed by atoms with Gasteiger partial charge < -0.3 is 4.90 Å². The quantitative estimate of drug-likeness (QED) is 0.679. The van der Waals surface area contributed by atoms with Gasteiger partial charge in [-0.15, -0.1) is 0 Å². The molecule has 0 bridgehead atoms. The van der Waals surface area contributed by atoms with E-state index >= 15 is 0 Å². The van der Waals surface area contributed by atoms with Crippen molar-refractivity contribution in [2.24, 2.45) is 0 Å². The van der Waals surface area contributed by atoms with E-state index in [4.69, 9.17) is 11.6 Å². The predicted molar refractivity (Wildman–Crippen MR) is 53.6 cm³/mol. The molecule has 2 nitrogen and oxygen atoms in total. The van der Waals surface area contributed by atoms with Gasteiger partial charge in [-0.3, -0.25) is 4.79 Å². The highest BCUT2D eigenvalue weighted by Gasteiger charge is 1.99. The minimum Gasteiger partial charge on any atom is -0.341 e. The second kappa shape index (κ2) is 4.87. The Kier molecular flexibility index (Phi) is 3.77. The molecule has 0 saturated carbocycles. The maximum atomic E-state index is 10.5. The summed E-state index contributed by atoms with van der Waals surface area (Å²) < 4.78 is 0. The zero-order chi connectivity index (χ0) is 9.68. The van der Waals surface area contributed by atoms with Crippen LogP contribution in [0.4, 0.5) is 0 Å². The molecule has 0 heterocycles. The van der Waals surface area contributed by atoms with E-state index < -0.39 is 0 Å². The highest BCUT2D eigenvalue weighted by Crippen LogP contribution is 2.10. The van der Waals surface area contributed by atoms with Crippen molar-refractivity contribution in [2.75, 3.05) is 6.54 Å². The van der Waals surface area contributed by atoms with E-state index in [1.807, 2.05) is 31.2 Å². The zero-order valence-electron chi connectivity index (χ0n) is 7.53. The monoisotopic (exact) mass is 197 g/mol. The van der Waals surface area contributed by atoms with Gasteiger partial charge in [0.1, 0.15) is 0 Å². The van der Waals surface area contributed by atoms with Crippen molar-refractivity contribution in [1.82, 2.24) is 4.90 Å². The Morgan fingerprint density at radius 1 is 1.38 bits per heavy atom. The average molecular weight is 198 g/mol. The van der Waals surface area contributed by atoms with Crippen molar-refractivity contribution in [2.45, 2.75) is 13.5 Å². The maximum absolute atomic E-state index is 10.5. The fourth-order valence-corrected chi connectivity index (χ4v) is 1.17. The molecule has 70 valence electrons. The lowest BCUT2D eigenvalue weighted by atomic mass is 10.2. The fourth-order valence-electron chi connectivity index (χ4n) is 1.05. The highest BCUT2D eigenvalue weighted by molar-refractivity contribution is 6.30. The third kappa shape index (κ3) is 3.07. The molecule has 0 radical (unpaired) electrons. The smallest absolute Gasteiger partial charge is 0.209 e. The second-order valence-electron chi connectivity index (χ2n) is 2.79. The molecule has 0 aliphatic carbocycles. The van der Waals surface area contributed by atoms with Crippen molar-refractivity contribution < 1.29 is 4.79 Å². The minimum atomic E-state index is 0.650. The summed E-state index contributed by atoms with van der Waals surface area (Å²) in [6.07, 6.45) is 0.856. The van der Waals surface area contributed by atoms with Gasteiger partial charge in [-0.05, 0) is 24.6 Å². The van der Waals surface area contributed by atoms with E-state index in [1.165, 1.54) is 0 Å². The molecular formula is C10H12ClNO. The molecule has 1 aromatic carbocycles. The summed E-state index contributed by atoms with van der Waals surface area (Å²) >= 11 is 5.73. The largest absolute Gasteiger partial charge is 0.341 e. The van der Waals surface area contributed by atoms with E-state index in [1.54, 1.807) is 4.90 Å². The van der Waals surface area contributed by atoms with Crippen LogP contribution in [0.15, 0.2) is 24.3 Å². The number of hydrogen-bond donors (Lipinski definition) is 0. The molecule has 0 N–H and O–H groups in total. The van der Waals surface area contributed by atoms with Crippen LogP contribution in [0.5, 0.6) is 0 Å². The number of rotatable bonds is 4. The normalized spacial score (nSPS) is 9.69. The van der Waals surface area contributed by atoms with Crippen molar-refractivity contribution in [3.8, 4) is 0 Å². The molecule has 1 amide bonds. The molecule has 0 fully saturated rings. The van der Waals surface area contributed by atoms with E-state index in [-0.39, 0.29) is 0 Å². The molecule has 1 rings (SSSR count).